The van der Waals surface area contributed by atoms with Crippen LogP contribution in [-0.2, 0) is 14.9 Å². The van der Waals surface area contributed by atoms with E-state index in [1.54, 1.807) is 13.2 Å². The highest BCUT2D eigenvalue weighted by Gasteiger charge is 2.42. The molecule has 1 aromatic rings. The van der Waals surface area contributed by atoms with Crippen LogP contribution in [0.5, 0.6) is 5.75 Å². The van der Waals surface area contributed by atoms with E-state index in [4.69, 9.17) is 9.47 Å². The Bertz CT molecular complexity index is 452. The second kappa shape index (κ2) is 5.28. The van der Waals surface area contributed by atoms with Crippen LogP contribution in [0, 0.1) is 0 Å². The van der Waals surface area contributed by atoms with Crippen LogP contribution in [-0.4, -0.2) is 31.4 Å². The first-order chi connectivity index (χ1) is 8.60. The molecule has 0 amide bonds. The summed E-state index contributed by atoms with van der Waals surface area (Å²) in [6, 6.07) is 5.45. The Morgan fingerprint density at radius 2 is 2.11 bits per heavy atom. The predicted molar refractivity (Wildman–Crippen MR) is 70.1 cm³/mol. The van der Waals surface area contributed by atoms with Gasteiger partial charge in [-0.3, -0.25) is 4.79 Å². The molecule has 2 rings (SSSR count). The second-order valence-electron chi connectivity index (χ2n) is 4.35. The molecule has 0 saturated carbocycles. The van der Waals surface area contributed by atoms with Gasteiger partial charge >= 0.3 is 5.97 Å². The third-order valence-electron chi connectivity index (χ3n) is 3.46. The van der Waals surface area contributed by atoms with Crippen molar-refractivity contribution in [2.45, 2.75) is 18.3 Å². The van der Waals surface area contributed by atoms with Crippen LogP contribution in [0.4, 0.5) is 0 Å². The third-order valence-corrected chi connectivity index (χ3v) is 4.08. The summed E-state index contributed by atoms with van der Waals surface area (Å²) in [6.45, 7) is 0.964. The van der Waals surface area contributed by atoms with Crippen molar-refractivity contribution in [3.63, 3.8) is 0 Å². The van der Waals surface area contributed by atoms with Crippen molar-refractivity contribution >= 4 is 21.9 Å². The van der Waals surface area contributed by atoms with E-state index in [2.05, 4.69) is 15.9 Å². The number of aliphatic carboxylic acids is 1. The zero-order valence-corrected chi connectivity index (χ0v) is 11.7. The molecule has 1 saturated heterocycles. The SMILES string of the molecule is COc1ccc(C2(C(=O)O)CCOCC2)cc1Br. The number of carboxylic acids is 1. The topological polar surface area (TPSA) is 55.8 Å². The standard InChI is InChI=1S/C13H15BrO4/c1-17-11-3-2-9(8-10(11)14)13(12(15)16)4-6-18-7-5-13/h2-3,8H,4-7H2,1H3,(H,15,16). The Hall–Kier alpha value is -1.07. The quantitative estimate of drug-likeness (QED) is 0.931. The number of hydrogen-bond acceptors (Lipinski definition) is 3. The molecule has 1 aliphatic rings. The molecule has 98 valence electrons. The zero-order chi connectivity index (χ0) is 13.2. The summed E-state index contributed by atoms with van der Waals surface area (Å²) in [5.74, 6) is -0.0887. The second-order valence-corrected chi connectivity index (χ2v) is 5.20. The molecule has 1 aromatic carbocycles. The molecule has 5 heteroatoms. The van der Waals surface area contributed by atoms with Gasteiger partial charge in [-0.15, -0.1) is 0 Å². The smallest absolute Gasteiger partial charge is 0.314 e. The van der Waals surface area contributed by atoms with Crippen LogP contribution in [0.2, 0.25) is 0 Å². The Morgan fingerprint density at radius 3 is 2.61 bits per heavy atom. The van der Waals surface area contributed by atoms with Crippen molar-refractivity contribution in [3.05, 3.63) is 28.2 Å². The van der Waals surface area contributed by atoms with Crippen LogP contribution in [0.25, 0.3) is 0 Å². The molecule has 0 unspecified atom stereocenters. The van der Waals surface area contributed by atoms with E-state index in [1.807, 2.05) is 12.1 Å². The average Bonchev–Trinajstić information content (AvgIpc) is 2.39. The third kappa shape index (κ3) is 2.24. The van der Waals surface area contributed by atoms with Gasteiger partial charge in [0.1, 0.15) is 5.75 Å². The minimum atomic E-state index is -0.840. The van der Waals surface area contributed by atoms with Crippen LogP contribution in [0.15, 0.2) is 22.7 Å². The van der Waals surface area contributed by atoms with Crippen molar-refractivity contribution < 1.29 is 19.4 Å². The lowest BCUT2D eigenvalue weighted by atomic mass is 9.74. The fraction of sp³-hybridized carbons (Fsp3) is 0.462. The van der Waals surface area contributed by atoms with Gasteiger partial charge in [0.05, 0.1) is 17.0 Å². The molecule has 1 heterocycles. The fourth-order valence-electron chi connectivity index (χ4n) is 2.31. The van der Waals surface area contributed by atoms with E-state index < -0.39 is 11.4 Å². The van der Waals surface area contributed by atoms with Gasteiger partial charge in [0.25, 0.3) is 0 Å². The number of methoxy groups -OCH3 is 1. The molecule has 0 spiro atoms. The number of benzene rings is 1. The molecule has 4 nitrogen and oxygen atoms in total. The molecule has 1 fully saturated rings. The van der Waals surface area contributed by atoms with Gasteiger partial charge in [-0.1, -0.05) is 6.07 Å². The van der Waals surface area contributed by atoms with Crippen molar-refractivity contribution in [1.82, 2.24) is 0 Å². The van der Waals surface area contributed by atoms with Crippen LogP contribution >= 0.6 is 15.9 Å². The summed E-state index contributed by atoms with van der Waals surface area (Å²) in [5.41, 5.74) is -0.0430. The maximum Gasteiger partial charge on any atom is 0.314 e. The van der Waals surface area contributed by atoms with Crippen LogP contribution < -0.4 is 4.74 Å². The van der Waals surface area contributed by atoms with Gasteiger partial charge < -0.3 is 14.6 Å². The lowest BCUT2D eigenvalue weighted by Gasteiger charge is -2.33. The highest BCUT2D eigenvalue weighted by molar-refractivity contribution is 9.10. The first-order valence-corrected chi connectivity index (χ1v) is 6.54. The van der Waals surface area contributed by atoms with Gasteiger partial charge in [0, 0.05) is 13.2 Å². The molecule has 0 aliphatic carbocycles. The van der Waals surface area contributed by atoms with Gasteiger partial charge in [0.2, 0.25) is 0 Å². The van der Waals surface area contributed by atoms with E-state index in [1.165, 1.54) is 0 Å². The number of hydrogen-bond donors (Lipinski definition) is 1. The summed E-state index contributed by atoms with van der Waals surface area (Å²) < 4.78 is 11.2. The first-order valence-electron chi connectivity index (χ1n) is 5.75. The summed E-state index contributed by atoms with van der Waals surface area (Å²) in [7, 11) is 1.58. The van der Waals surface area contributed by atoms with Crippen LogP contribution in [0.1, 0.15) is 18.4 Å². The van der Waals surface area contributed by atoms with E-state index in [0.29, 0.717) is 31.8 Å². The van der Waals surface area contributed by atoms with Crippen molar-refractivity contribution in [3.8, 4) is 5.75 Å². The lowest BCUT2D eigenvalue weighted by molar-refractivity contribution is -0.147. The minimum absolute atomic E-state index is 0.482. The summed E-state index contributed by atoms with van der Waals surface area (Å²) in [5, 5.41) is 9.56. The number of ether oxygens (including phenoxy) is 2. The van der Waals surface area contributed by atoms with Crippen LogP contribution in [0.3, 0.4) is 0 Å². The maximum atomic E-state index is 11.6. The van der Waals surface area contributed by atoms with Crippen molar-refractivity contribution in [2.75, 3.05) is 20.3 Å². The maximum absolute atomic E-state index is 11.6. The Balaban J connectivity index is 2.43. The van der Waals surface area contributed by atoms with Gasteiger partial charge in [-0.2, -0.15) is 0 Å². The molecule has 1 aliphatic heterocycles. The number of halogens is 1. The van der Waals surface area contributed by atoms with Gasteiger partial charge in [-0.05, 0) is 46.5 Å². The largest absolute Gasteiger partial charge is 0.496 e. The molecule has 1 N–H and O–H groups in total. The highest BCUT2D eigenvalue weighted by Crippen LogP contribution is 2.38. The molecule has 0 bridgehead atoms. The Kier molecular flexibility index (Phi) is 3.92. The number of rotatable bonds is 3. The van der Waals surface area contributed by atoms with E-state index in [9.17, 15) is 9.90 Å². The number of carboxylic acid groups (broad SMARTS) is 1. The lowest BCUT2D eigenvalue weighted by Crippen LogP contribution is -2.41. The van der Waals surface area contributed by atoms with E-state index in [0.717, 1.165) is 10.0 Å². The molecule has 0 radical (unpaired) electrons. The minimum Gasteiger partial charge on any atom is -0.496 e. The number of carbonyl (C=O) groups is 1. The van der Waals surface area contributed by atoms with Gasteiger partial charge in [0.15, 0.2) is 0 Å². The Morgan fingerprint density at radius 1 is 1.44 bits per heavy atom. The normalized spacial score (nSPS) is 18.3. The molecule has 0 aromatic heterocycles. The zero-order valence-electron chi connectivity index (χ0n) is 10.1. The van der Waals surface area contributed by atoms with Gasteiger partial charge in [-0.25, -0.2) is 0 Å². The molecular weight excluding hydrogens is 300 g/mol. The fourth-order valence-corrected chi connectivity index (χ4v) is 2.85. The molecular formula is C13H15BrO4. The summed E-state index contributed by atoms with van der Waals surface area (Å²) in [4.78, 5) is 11.6. The van der Waals surface area contributed by atoms with E-state index in [-0.39, 0.29) is 0 Å². The average molecular weight is 315 g/mol. The van der Waals surface area contributed by atoms with Crippen molar-refractivity contribution in [1.29, 1.82) is 0 Å². The van der Waals surface area contributed by atoms with E-state index >= 15 is 0 Å². The molecule has 0 atom stereocenters. The highest BCUT2D eigenvalue weighted by atomic mass is 79.9. The van der Waals surface area contributed by atoms with Crippen molar-refractivity contribution in [2.24, 2.45) is 0 Å². The monoisotopic (exact) mass is 314 g/mol. The summed E-state index contributed by atoms with van der Waals surface area (Å²) >= 11 is 3.40. The predicted octanol–water partition coefficient (Wildman–Crippen LogP) is 2.59. The molecule has 18 heavy (non-hydrogen) atoms. The summed E-state index contributed by atoms with van der Waals surface area (Å²) in [6.07, 6.45) is 1.00. The first kappa shape index (κ1) is 13.4. The Labute approximate surface area is 114 Å².